The molecular weight excluding hydrogens is 957 g/mol. The van der Waals surface area contributed by atoms with Gasteiger partial charge in [-0.25, -0.2) is 0 Å². The van der Waals surface area contributed by atoms with Gasteiger partial charge in [0.1, 0.15) is 17.6 Å². The number of Topliss-reactive ketones (excluding diaryl/α,β-unsaturated/α-hetero) is 2. The Morgan fingerprint density at radius 2 is 1.47 bits per heavy atom. The van der Waals surface area contributed by atoms with Gasteiger partial charge in [0, 0.05) is 52.0 Å². The van der Waals surface area contributed by atoms with Crippen molar-refractivity contribution in [2.75, 3.05) is 41.4 Å². The molecule has 0 radical (unpaired) electrons. The zero-order chi connectivity index (χ0) is 55.5. The lowest BCUT2D eigenvalue weighted by molar-refractivity contribution is -0.148. The van der Waals surface area contributed by atoms with Crippen LogP contribution < -0.4 is 5.32 Å². The predicted octanol–water partition coefficient (Wildman–Crippen LogP) is 9.66. The predicted molar refractivity (Wildman–Crippen MR) is 294 cm³/mol. The lowest BCUT2D eigenvalue weighted by atomic mass is 9.79. The molecular formula is C59H96N4O10S. The van der Waals surface area contributed by atoms with Crippen molar-refractivity contribution >= 4 is 39.4 Å². The second-order valence-corrected chi connectivity index (χ2v) is 23.8. The van der Waals surface area contributed by atoms with E-state index in [1.807, 2.05) is 97.4 Å². The molecule has 1 fully saturated rings. The van der Waals surface area contributed by atoms with E-state index >= 15 is 0 Å². The summed E-state index contributed by atoms with van der Waals surface area (Å²) in [5, 5.41) is 3.13. The van der Waals surface area contributed by atoms with Crippen LogP contribution in [0.4, 0.5) is 0 Å². The molecule has 9 unspecified atom stereocenters. The van der Waals surface area contributed by atoms with Crippen molar-refractivity contribution in [3.63, 3.8) is 0 Å². The summed E-state index contributed by atoms with van der Waals surface area (Å²) in [6.07, 6.45) is 7.94. The third-order valence-corrected chi connectivity index (χ3v) is 17.4. The van der Waals surface area contributed by atoms with Crippen LogP contribution in [-0.2, 0) is 56.4 Å². The Kier molecular flexibility index (Phi) is 26.6. The van der Waals surface area contributed by atoms with Crippen LogP contribution in [0, 0.1) is 35.0 Å². The summed E-state index contributed by atoms with van der Waals surface area (Å²) in [7, 11) is 2.55. The summed E-state index contributed by atoms with van der Waals surface area (Å²) in [5.74, 6) is -0.848. The SMILES string of the molecule is CCC(C)C(C(CC(=O)N1CCCC1C(OC)C(C)C(=O)CCCC(CCc1ccc(S(=O)(=O)O)cc1)Cc1ccccc1)OC)N(C)C(=O)C(NC(=O)C(C(C)C)N(C)CCCC(=O)C(C)(CC)CC)C(C)C. The summed E-state index contributed by atoms with van der Waals surface area (Å²) in [6.45, 7) is 21.0. The molecule has 9 atom stereocenters. The fourth-order valence-electron chi connectivity index (χ4n) is 11.2. The number of hydrogen-bond donors (Lipinski definition) is 2. The van der Waals surface area contributed by atoms with Gasteiger partial charge in [0.25, 0.3) is 10.1 Å². The molecule has 0 spiro atoms. The van der Waals surface area contributed by atoms with Crippen LogP contribution in [0.1, 0.15) is 157 Å². The second-order valence-electron chi connectivity index (χ2n) is 22.4. The van der Waals surface area contributed by atoms with E-state index < -0.39 is 46.4 Å². The Hall–Kier alpha value is -4.02. The van der Waals surface area contributed by atoms with Crippen LogP contribution in [0.5, 0.6) is 0 Å². The van der Waals surface area contributed by atoms with E-state index in [0.717, 1.165) is 50.5 Å². The zero-order valence-corrected chi connectivity index (χ0v) is 48.5. The fourth-order valence-corrected chi connectivity index (χ4v) is 11.7. The van der Waals surface area contributed by atoms with Gasteiger partial charge < -0.3 is 24.6 Å². The van der Waals surface area contributed by atoms with E-state index in [-0.39, 0.29) is 75.7 Å². The third-order valence-electron chi connectivity index (χ3n) is 16.6. The molecule has 3 rings (SSSR count). The van der Waals surface area contributed by atoms with Gasteiger partial charge in [0.2, 0.25) is 17.7 Å². The minimum Gasteiger partial charge on any atom is -0.379 e. The lowest BCUT2D eigenvalue weighted by Gasteiger charge is -2.41. The maximum atomic E-state index is 14.7. The molecule has 2 N–H and O–H groups in total. The highest BCUT2D eigenvalue weighted by Gasteiger charge is 2.43. The number of likely N-dealkylation sites (N-methyl/N-ethyl adjacent to an activating group) is 2. The number of hydrogen-bond acceptors (Lipinski definition) is 10. The van der Waals surface area contributed by atoms with Gasteiger partial charge in [-0.1, -0.05) is 118 Å². The Morgan fingerprint density at radius 3 is 2.01 bits per heavy atom. The number of carbonyl (C=O) groups is 5. The first-order chi connectivity index (χ1) is 34.9. The number of methoxy groups -OCH3 is 2. The normalized spacial score (nSPS) is 17.6. The largest absolute Gasteiger partial charge is 0.379 e. The van der Waals surface area contributed by atoms with Crippen molar-refractivity contribution in [1.29, 1.82) is 0 Å². The molecule has 1 aliphatic rings. The van der Waals surface area contributed by atoms with Gasteiger partial charge in [-0.05, 0) is 125 Å². The summed E-state index contributed by atoms with van der Waals surface area (Å²) >= 11 is 0. The number of ketones is 2. The van der Waals surface area contributed by atoms with E-state index in [2.05, 4.69) is 24.4 Å². The van der Waals surface area contributed by atoms with Crippen molar-refractivity contribution in [1.82, 2.24) is 20.0 Å². The first kappa shape index (κ1) is 64.3. The van der Waals surface area contributed by atoms with Crippen LogP contribution in [0.3, 0.4) is 0 Å². The summed E-state index contributed by atoms with van der Waals surface area (Å²) in [6, 6.07) is 14.4. The van der Waals surface area contributed by atoms with Gasteiger partial charge in [-0.15, -0.1) is 0 Å². The van der Waals surface area contributed by atoms with Crippen molar-refractivity contribution in [2.45, 2.75) is 200 Å². The minimum atomic E-state index is -4.27. The number of rotatable bonds is 34. The molecule has 0 bridgehead atoms. The number of ether oxygens (including phenoxy) is 2. The van der Waals surface area contributed by atoms with Gasteiger partial charge in [0.05, 0.1) is 41.6 Å². The van der Waals surface area contributed by atoms with Crippen LogP contribution in [0.2, 0.25) is 0 Å². The average molecular weight is 1050 g/mol. The first-order valence-corrected chi connectivity index (χ1v) is 29.1. The maximum absolute atomic E-state index is 14.7. The van der Waals surface area contributed by atoms with E-state index in [1.165, 1.54) is 17.7 Å². The Morgan fingerprint density at radius 1 is 0.838 bits per heavy atom. The van der Waals surface area contributed by atoms with Crippen molar-refractivity contribution in [2.24, 2.45) is 35.0 Å². The average Bonchev–Trinajstić information content (AvgIpc) is 3.86. The molecule has 1 saturated heterocycles. The Balaban J connectivity index is 1.71. The molecule has 2 aromatic rings. The number of nitrogens with one attached hydrogen (secondary N) is 1. The highest BCUT2D eigenvalue weighted by molar-refractivity contribution is 7.85. The van der Waals surface area contributed by atoms with E-state index in [4.69, 9.17) is 9.47 Å². The standard InChI is InChI=1S/C59H96N4O10S/c1-15-42(8)55(62(12)58(68)53(40(4)5)60-57(67)54(41(6)7)61(11)36-23-29-51(65)59(10,16-2)17-3)50(72-13)39-52(66)63-37-22-27-48(63)56(73-14)43(9)49(64)28-21-26-46(38-45-24-19-18-20-25-45)31-30-44-32-34-47(35-33-44)74(69,70)71/h18-20,24-25,32-35,40-43,46,48,50,53-56H,15-17,21-23,26-31,36-39H2,1-14H3,(H,60,67)(H,69,70,71). The van der Waals surface area contributed by atoms with Crippen molar-refractivity contribution in [3.8, 4) is 0 Å². The van der Waals surface area contributed by atoms with Crippen LogP contribution >= 0.6 is 0 Å². The molecule has 1 aliphatic heterocycles. The number of nitrogens with zero attached hydrogens (tertiary/aromatic N) is 3. The number of carbonyl (C=O) groups excluding carboxylic acids is 5. The number of benzene rings is 2. The van der Waals surface area contributed by atoms with Gasteiger partial charge >= 0.3 is 0 Å². The molecule has 0 aliphatic carbocycles. The van der Waals surface area contributed by atoms with Crippen LogP contribution in [-0.4, -0.2) is 135 Å². The highest BCUT2D eigenvalue weighted by Crippen LogP contribution is 2.32. The Labute approximate surface area is 446 Å². The first-order valence-electron chi connectivity index (χ1n) is 27.7. The van der Waals surface area contributed by atoms with Crippen LogP contribution in [0.25, 0.3) is 0 Å². The monoisotopic (exact) mass is 1050 g/mol. The summed E-state index contributed by atoms with van der Waals surface area (Å²) < 4.78 is 44.8. The molecule has 3 amide bonds. The highest BCUT2D eigenvalue weighted by atomic mass is 32.2. The van der Waals surface area contributed by atoms with E-state index in [9.17, 15) is 36.9 Å². The topological polar surface area (TPSA) is 180 Å². The van der Waals surface area contributed by atoms with E-state index in [0.29, 0.717) is 51.6 Å². The Bertz CT molecular complexity index is 2170. The minimum absolute atomic E-state index is 0.0168. The van der Waals surface area contributed by atoms with Gasteiger partial charge in [0.15, 0.2) is 0 Å². The molecule has 74 heavy (non-hydrogen) atoms. The van der Waals surface area contributed by atoms with Gasteiger partial charge in [-0.2, -0.15) is 8.42 Å². The number of aryl methyl sites for hydroxylation is 1. The fraction of sp³-hybridized carbons (Fsp3) is 0.712. The zero-order valence-electron chi connectivity index (χ0n) is 47.7. The quantitative estimate of drug-likeness (QED) is 0.0638. The summed E-state index contributed by atoms with van der Waals surface area (Å²) in [4.78, 5) is 75.9. The van der Waals surface area contributed by atoms with Crippen LogP contribution in [0.15, 0.2) is 59.5 Å². The lowest BCUT2D eigenvalue weighted by Crippen LogP contribution is -2.60. The second kappa shape index (κ2) is 30.7. The molecule has 2 aromatic carbocycles. The molecule has 418 valence electrons. The summed E-state index contributed by atoms with van der Waals surface area (Å²) in [5.41, 5.74) is 1.84. The van der Waals surface area contributed by atoms with Crippen molar-refractivity contribution in [3.05, 3.63) is 65.7 Å². The smallest absolute Gasteiger partial charge is 0.294 e. The molecule has 0 aromatic heterocycles. The molecule has 14 nitrogen and oxygen atoms in total. The molecule has 15 heteroatoms. The van der Waals surface area contributed by atoms with E-state index in [1.54, 1.807) is 38.3 Å². The molecule has 1 heterocycles. The maximum Gasteiger partial charge on any atom is 0.294 e. The third kappa shape index (κ3) is 18.3. The molecule has 0 saturated carbocycles. The number of likely N-dealkylation sites (tertiary alicyclic amines) is 1. The number of amides is 3. The van der Waals surface area contributed by atoms with Gasteiger partial charge in [-0.3, -0.25) is 33.4 Å². The van der Waals surface area contributed by atoms with Crippen molar-refractivity contribution < 1.29 is 46.4 Å².